The van der Waals surface area contributed by atoms with Crippen LogP contribution in [0.15, 0.2) is 52.9 Å². The smallest absolute Gasteiger partial charge is 0.235 e. The minimum atomic E-state index is 0.603. The van der Waals surface area contributed by atoms with Crippen LogP contribution >= 0.6 is 11.3 Å². The van der Waals surface area contributed by atoms with E-state index in [1.54, 1.807) is 11.6 Å². The Hall–Kier alpha value is -3.19. The summed E-state index contributed by atoms with van der Waals surface area (Å²) in [7, 11) is 1.66. The predicted octanol–water partition coefficient (Wildman–Crippen LogP) is 4.58. The number of methoxy groups -OCH3 is 1. The second-order valence-corrected chi connectivity index (χ2v) is 6.83. The number of hydrogen-bond acceptors (Lipinski definition) is 6. The van der Waals surface area contributed by atoms with Gasteiger partial charge in [-0.05, 0) is 25.1 Å². The molecular weight excluding hydrogens is 348 g/mol. The molecule has 6 nitrogen and oxygen atoms in total. The van der Waals surface area contributed by atoms with Crippen molar-refractivity contribution >= 4 is 27.3 Å². The van der Waals surface area contributed by atoms with Gasteiger partial charge in [0.2, 0.25) is 10.8 Å². The van der Waals surface area contributed by atoms with Gasteiger partial charge in [0.25, 0.3) is 0 Å². The number of aromatic nitrogens is 4. The minimum absolute atomic E-state index is 0.603. The summed E-state index contributed by atoms with van der Waals surface area (Å²) >= 11 is 1.46. The predicted molar refractivity (Wildman–Crippen MR) is 101 cm³/mol. The Bertz CT molecular complexity index is 1250. The highest BCUT2D eigenvalue weighted by Gasteiger charge is 2.21. The van der Waals surface area contributed by atoms with Crippen LogP contribution in [0.1, 0.15) is 5.56 Å². The van der Waals surface area contributed by atoms with E-state index in [9.17, 15) is 0 Å². The van der Waals surface area contributed by atoms with Gasteiger partial charge in [-0.3, -0.25) is 0 Å². The number of ether oxygens (including phenoxy) is 1. The molecule has 0 amide bonds. The fraction of sp³-hybridized carbons (Fsp3) is 0.105. The molecule has 0 aliphatic carbocycles. The lowest BCUT2D eigenvalue weighted by molar-refractivity contribution is 0.416. The zero-order valence-electron chi connectivity index (χ0n) is 14.1. The summed E-state index contributed by atoms with van der Waals surface area (Å²) in [5, 5.41) is 15.2. The highest BCUT2D eigenvalue weighted by Crippen LogP contribution is 2.36. The Morgan fingerprint density at radius 2 is 1.85 bits per heavy atom. The number of nitrogens with zero attached hydrogens (tertiary/aromatic N) is 4. The van der Waals surface area contributed by atoms with E-state index in [0.29, 0.717) is 16.5 Å². The first-order valence-electron chi connectivity index (χ1n) is 8.10. The third-order valence-corrected chi connectivity index (χ3v) is 5.31. The molecule has 5 aromatic rings. The van der Waals surface area contributed by atoms with Gasteiger partial charge in [-0.1, -0.05) is 41.7 Å². The van der Waals surface area contributed by atoms with Gasteiger partial charge < -0.3 is 9.15 Å². The topological polar surface area (TPSA) is 65.5 Å². The van der Waals surface area contributed by atoms with E-state index in [-0.39, 0.29) is 0 Å². The van der Waals surface area contributed by atoms with Crippen LogP contribution < -0.4 is 4.74 Å². The summed E-state index contributed by atoms with van der Waals surface area (Å²) in [6.45, 7) is 2.02. The van der Waals surface area contributed by atoms with E-state index in [4.69, 9.17) is 14.3 Å². The van der Waals surface area contributed by atoms with Crippen molar-refractivity contribution in [2.75, 3.05) is 7.11 Å². The molecule has 0 atom stereocenters. The van der Waals surface area contributed by atoms with Crippen LogP contribution in [0.5, 0.6) is 5.75 Å². The van der Waals surface area contributed by atoms with Crippen LogP contribution in [0, 0.1) is 6.92 Å². The first-order valence-corrected chi connectivity index (χ1v) is 8.92. The molecule has 128 valence electrons. The van der Waals surface area contributed by atoms with Gasteiger partial charge >= 0.3 is 0 Å². The van der Waals surface area contributed by atoms with E-state index in [1.165, 1.54) is 11.3 Å². The molecule has 0 bridgehead atoms. The van der Waals surface area contributed by atoms with Crippen molar-refractivity contribution in [1.29, 1.82) is 0 Å². The number of furan rings is 1. The lowest BCUT2D eigenvalue weighted by Gasteiger charge is -2.03. The molecule has 0 N–H and O–H groups in total. The monoisotopic (exact) mass is 362 g/mol. The number of hydrogen-bond donors (Lipinski definition) is 0. The Balaban J connectivity index is 1.70. The normalized spacial score (nSPS) is 11.5. The molecule has 0 radical (unpaired) electrons. The standard InChI is InChI=1S/C19H14N4O2S/c1-11-12-7-3-6-10-15(12)25-16(11)17-20-21-19-23(17)22-18(26-19)13-8-4-5-9-14(13)24-2/h3-10H,1-2H3. The zero-order valence-corrected chi connectivity index (χ0v) is 14.9. The van der Waals surface area contributed by atoms with Gasteiger partial charge in [-0.2, -0.15) is 9.61 Å². The van der Waals surface area contributed by atoms with Crippen molar-refractivity contribution in [2.24, 2.45) is 0 Å². The maximum atomic E-state index is 6.03. The van der Waals surface area contributed by atoms with Crippen molar-refractivity contribution in [2.45, 2.75) is 6.92 Å². The van der Waals surface area contributed by atoms with Gasteiger partial charge in [0.15, 0.2) is 10.8 Å². The van der Waals surface area contributed by atoms with Crippen LogP contribution in [0.3, 0.4) is 0 Å². The van der Waals surface area contributed by atoms with Gasteiger partial charge in [-0.15, -0.1) is 10.2 Å². The van der Waals surface area contributed by atoms with E-state index < -0.39 is 0 Å². The summed E-state index contributed by atoms with van der Waals surface area (Å²) in [5.74, 6) is 2.07. The van der Waals surface area contributed by atoms with Crippen LogP contribution in [-0.2, 0) is 0 Å². The van der Waals surface area contributed by atoms with Crippen molar-refractivity contribution < 1.29 is 9.15 Å². The largest absolute Gasteiger partial charge is 0.496 e. The first kappa shape index (κ1) is 15.1. The second kappa shape index (κ2) is 5.67. The second-order valence-electron chi connectivity index (χ2n) is 5.88. The highest BCUT2D eigenvalue weighted by molar-refractivity contribution is 7.19. The Morgan fingerprint density at radius 1 is 1.04 bits per heavy atom. The molecule has 2 aromatic carbocycles. The number of benzene rings is 2. The van der Waals surface area contributed by atoms with E-state index >= 15 is 0 Å². The summed E-state index contributed by atoms with van der Waals surface area (Å²) in [6, 6.07) is 15.7. The first-order chi connectivity index (χ1) is 12.8. The van der Waals surface area contributed by atoms with Crippen molar-refractivity contribution in [1.82, 2.24) is 19.8 Å². The van der Waals surface area contributed by atoms with Crippen LogP contribution in [0.4, 0.5) is 0 Å². The number of fused-ring (bicyclic) bond motifs is 2. The average Bonchev–Trinajstić information content (AvgIpc) is 3.35. The average molecular weight is 362 g/mol. The van der Waals surface area contributed by atoms with Crippen molar-refractivity contribution in [3.63, 3.8) is 0 Å². The highest BCUT2D eigenvalue weighted by atomic mass is 32.1. The zero-order chi connectivity index (χ0) is 17.7. The number of aryl methyl sites for hydroxylation is 1. The minimum Gasteiger partial charge on any atom is -0.496 e. The summed E-state index contributed by atoms with van der Waals surface area (Å²) in [4.78, 5) is 0.709. The van der Waals surface area contributed by atoms with Gasteiger partial charge in [0.1, 0.15) is 11.3 Å². The van der Waals surface area contributed by atoms with E-state index in [1.807, 2.05) is 55.5 Å². The molecule has 0 aliphatic heterocycles. The maximum absolute atomic E-state index is 6.03. The Morgan fingerprint density at radius 3 is 2.69 bits per heavy atom. The van der Waals surface area contributed by atoms with Gasteiger partial charge in [-0.25, -0.2) is 0 Å². The lowest BCUT2D eigenvalue weighted by Crippen LogP contribution is -1.92. The summed E-state index contributed by atoms with van der Waals surface area (Å²) in [6.07, 6.45) is 0. The number of para-hydroxylation sites is 2. The summed E-state index contributed by atoms with van der Waals surface area (Å²) < 4.78 is 13.2. The molecule has 7 heteroatoms. The fourth-order valence-corrected chi connectivity index (χ4v) is 3.95. The fourth-order valence-electron chi connectivity index (χ4n) is 3.08. The van der Waals surface area contributed by atoms with Crippen LogP contribution in [-0.4, -0.2) is 26.9 Å². The molecule has 3 heterocycles. The molecule has 0 unspecified atom stereocenters. The molecule has 26 heavy (non-hydrogen) atoms. The van der Waals surface area contributed by atoms with E-state index in [2.05, 4.69) is 10.2 Å². The lowest BCUT2D eigenvalue weighted by atomic mass is 10.1. The molecule has 3 aromatic heterocycles. The van der Waals surface area contributed by atoms with Gasteiger partial charge in [0.05, 0.1) is 12.7 Å². The van der Waals surface area contributed by atoms with Crippen molar-refractivity contribution in [3.05, 3.63) is 54.1 Å². The van der Waals surface area contributed by atoms with Crippen molar-refractivity contribution in [3.8, 4) is 27.9 Å². The Labute approximate surface area is 152 Å². The summed E-state index contributed by atoms with van der Waals surface area (Å²) in [5.41, 5.74) is 2.79. The van der Waals surface area contributed by atoms with Crippen LogP contribution in [0.2, 0.25) is 0 Å². The molecule has 0 aliphatic rings. The SMILES string of the molecule is COc1ccccc1-c1nn2c(-c3oc4ccccc4c3C)nnc2s1. The molecular formula is C19H14N4O2S. The third kappa shape index (κ3) is 2.14. The molecule has 0 saturated heterocycles. The number of rotatable bonds is 3. The Kier molecular flexibility index (Phi) is 3.29. The molecule has 5 rings (SSSR count). The van der Waals surface area contributed by atoms with Crippen LogP contribution in [0.25, 0.3) is 38.1 Å². The molecule has 0 fully saturated rings. The molecule has 0 saturated carbocycles. The third-order valence-electron chi connectivity index (χ3n) is 4.38. The van der Waals surface area contributed by atoms with E-state index in [0.717, 1.165) is 32.9 Å². The molecule has 0 spiro atoms. The van der Waals surface area contributed by atoms with Gasteiger partial charge in [0, 0.05) is 10.9 Å². The quantitative estimate of drug-likeness (QED) is 0.470. The maximum Gasteiger partial charge on any atom is 0.235 e.